The van der Waals surface area contributed by atoms with Gasteiger partial charge >= 0.3 is 0 Å². The highest BCUT2D eigenvalue weighted by atomic mass is 32.1. The van der Waals surface area contributed by atoms with Crippen molar-refractivity contribution >= 4 is 22.2 Å². The fraction of sp³-hybridized carbons (Fsp3) is 0.455. The first kappa shape index (κ1) is 17.3. The normalized spacial score (nSPS) is 21.0. The van der Waals surface area contributed by atoms with E-state index < -0.39 is 5.41 Å². The average Bonchev–Trinajstić information content (AvgIpc) is 3.27. The molecule has 0 aliphatic heterocycles. The molecular formula is C22H24N2OS. The molecule has 2 aliphatic carbocycles. The molecule has 4 heteroatoms. The Morgan fingerprint density at radius 1 is 1.27 bits per heavy atom. The van der Waals surface area contributed by atoms with Crippen LogP contribution in [0.3, 0.4) is 0 Å². The van der Waals surface area contributed by atoms with E-state index in [1.807, 2.05) is 18.2 Å². The third kappa shape index (κ3) is 2.85. The highest BCUT2D eigenvalue weighted by Crippen LogP contribution is 2.44. The van der Waals surface area contributed by atoms with Gasteiger partial charge in [0.15, 0.2) is 0 Å². The number of nitrogens with zero attached hydrogens (tertiary/aromatic N) is 1. The Labute approximate surface area is 159 Å². The predicted molar refractivity (Wildman–Crippen MR) is 105 cm³/mol. The number of anilines is 1. The summed E-state index contributed by atoms with van der Waals surface area (Å²) in [4.78, 5) is 14.7. The summed E-state index contributed by atoms with van der Waals surface area (Å²) in [6.07, 6.45) is 7.02. The van der Waals surface area contributed by atoms with Crippen LogP contribution in [0.1, 0.15) is 60.6 Å². The summed E-state index contributed by atoms with van der Waals surface area (Å²) >= 11 is 1.62. The highest BCUT2D eigenvalue weighted by Gasteiger charge is 2.43. The van der Waals surface area contributed by atoms with Gasteiger partial charge in [-0.1, -0.05) is 50.1 Å². The van der Waals surface area contributed by atoms with Gasteiger partial charge in [0.2, 0.25) is 5.91 Å². The Balaban J connectivity index is 1.67. The van der Waals surface area contributed by atoms with Crippen molar-refractivity contribution in [1.82, 2.24) is 0 Å². The van der Waals surface area contributed by atoms with Crippen molar-refractivity contribution in [1.29, 1.82) is 5.26 Å². The van der Waals surface area contributed by atoms with E-state index in [-0.39, 0.29) is 5.91 Å². The Morgan fingerprint density at radius 3 is 2.69 bits per heavy atom. The molecule has 2 aliphatic rings. The quantitative estimate of drug-likeness (QED) is 0.814. The van der Waals surface area contributed by atoms with Crippen molar-refractivity contribution in [3.8, 4) is 6.07 Å². The summed E-state index contributed by atoms with van der Waals surface area (Å²) in [6.45, 7) is 2.26. The van der Waals surface area contributed by atoms with Gasteiger partial charge in [0, 0.05) is 4.88 Å². The number of fused-ring (bicyclic) bond motifs is 1. The first-order chi connectivity index (χ1) is 12.6. The Morgan fingerprint density at radius 2 is 2.00 bits per heavy atom. The maximum Gasteiger partial charge on any atom is 0.235 e. The predicted octanol–water partition coefficient (Wildman–Crippen LogP) is 5.20. The minimum Gasteiger partial charge on any atom is -0.316 e. The van der Waals surface area contributed by atoms with Crippen LogP contribution in [0.5, 0.6) is 0 Å². The molecule has 0 spiro atoms. The van der Waals surface area contributed by atoms with Crippen molar-refractivity contribution in [2.45, 2.75) is 57.3 Å². The smallest absolute Gasteiger partial charge is 0.235 e. The van der Waals surface area contributed by atoms with Gasteiger partial charge in [-0.05, 0) is 49.1 Å². The number of hydrogen-bond acceptors (Lipinski definition) is 3. The SMILES string of the molecule is CC1CCc2c(sc(NC(=O)C3(c4ccccc4)CCCC3)c2C#N)C1. The van der Waals surface area contributed by atoms with Crippen molar-refractivity contribution in [3.05, 3.63) is 51.9 Å². The van der Waals surface area contributed by atoms with Gasteiger partial charge in [0.05, 0.1) is 11.0 Å². The molecule has 0 radical (unpaired) electrons. The molecule has 1 heterocycles. The van der Waals surface area contributed by atoms with Crippen LogP contribution in [0.4, 0.5) is 5.00 Å². The van der Waals surface area contributed by atoms with Crippen LogP contribution < -0.4 is 5.32 Å². The largest absolute Gasteiger partial charge is 0.316 e. The Hall–Kier alpha value is -2.12. The number of amides is 1. The van der Waals surface area contributed by atoms with Gasteiger partial charge < -0.3 is 5.32 Å². The molecule has 1 N–H and O–H groups in total. The standard InChI is InChI=1S/C22H24N2OS/c1-15-9-10-17-18(14-23)20(26-19(17)13-15)24-21(25)22(11-5-6-12-22)16-7-3-2-4-8-16/h2-4,7-8,15H,5-6,9-13H2,1H3,(H,24,25). The lowest BCUT2D eigenvalue weighted by atomic mass is 9.78. The van der Waals surface area contributed by atoms with Crippen LogP contribution in [-0.2, 0) is 23.1 Å². The third-order valence-corrected chi connectivity index (χ3v) is 7.24. The van der Waals surface area contributed by atoms with Crippen LogP contribution in [0.25, 0.3) is 0 Å². The van der Waals surface area contributed by atoms with Gasteiger partial charge in [0.25, 0.3) is 0 Å². The molecule has 3 nitrogen and oxygen atoms in total. The molecule has 1 aromatic carbocycles. The molecule has 1 aromatic heterocycles. The van der Waals surface area contributed by atoms with Gasteiger partial charge in [-0.3, -0.25) is 4.79 Å². The lowest BCUT2D eigenvalue weighted by Crippen LogP contribution is -2.37. The molecule has 0 saturated heterocycles. The van der Waals surface area contributed by atoms with Crippen LogP contribution in [0.2, 0.25) is 0 Å². The zero-order valence-electron chi connectivity index (χ0n) is 15.2. The summed E-state index contributed by atoms with van der Waals surface area (Å²) in [5, 5.41) is 13.6. The number of thiophene rings is 1. The number of carbonyl (C=O) groups is 1. The first-order valence-electron chi connectivity index (χ1n) is 9.55. The van der Waals surface area contributed by atoms with Crippen molar-refractivity contribution in [2.75, 3.05) is 5.32 Å². The lowest BCUT2D eigenvalue weighted by molar-refractivity contribution is -0.121. The molecule has 26 heavy (non-hydrogen) atoms. The van der Waals surface area contributed by atoms with Crippen LogP contribution in [0.15, 0.2) is 30.3 Å². The maximum atomic E-state index is 13.4. The molecule has 2 aromatic rings. The topological polar surface area (TPSA) is 52.9 Å². The van der Waals surface area contributed by atoms with E-state index in [1.54, 1.807) is 11.3 Å². The van der Waals surface area contributed by atoms with E-state index in [0.717, 1.165) is 55.5 Å². The van der Waals surface area contributed by atoms with Crippen molar-refractivity contribution in [2.24, 2.45) is 5.92 Å². The van der Waals surface area contributed by atoms with E-state index in [4.69, 9.17) is 0 Å². The fourth-order valence-corrected chi connectivity index (χ4v) is 5.92. The number of nitrogens with one attached hydrogen (secondary N) is 1. The van der Waals surface area contributed by atoms with Gasteiger partial charge in [-0.15, -0.1) is 11.3 Å². The second-order valence-corrected chi connectivity index (χ2v) is 8.88. The van der Waals surface area contributed by atoms with Crippen LogP contribution in [0, 0.1) is 17.2 Å². The van der Waals surface area contributed by atoms with Crippen molar-refractivity contribution in [3.63, 3.8) is 0 Å². The Kier molecular flexibility index (Phi) is 4.58. The molecule has 134 valence electrons. The minimum absolute atomic E-state index is 0.0596. The van der Waals surface area contributed by atoms with E-state index in [9.17, 15) is 10.1 Å². The molecular weight excluding hydrogens is 340 g/mol. The third-order valence-electron chi connectivity index (χ3n) is 6.07. The molecule has 1 fully saturated rings. The molecule has 1 amide bonds. The van der Waals surface area contributed by atoms with Gasteiger partial charge in [0.1, 0.15) is 11.1 Å². The van der Waals surface area contributed by atoms with E-state index in [2.05, 4.69) is 30.4 Å². The van der Waals surface area contributed by atoms with Gasteiger partial charge in [-0.25, -0.2) is 0 Å². The Bertz CT molecular complexity index is 856. The van der Waals surface area contributed by atoms with E-state index in [0.29, 0.717) is 11.5 Å². The molecule has 1 saturated carbocycles. The van der Waals surface area contributed by atoms with E-state index in [1.165, 1.54) is 10.4 Å². The number of hydrogen-bond donors (Lipinski definition) is 1. The summed E-state index contributed by atoms with van der Waals surface area (Å²) < 4.78 is 0. The van der Waals surface area contributed by atoms with Gasteiger partial charge in [-0.2, -0.15) is 5.26 Å². The number of nitriles is 1. The number of rotatable bonds is 3. The second kappa shape index (κ2) is 6.89. The molecule has 1 unspecified atom stereocenters. The first-order valence-corrected chi connectivity index (χ1v) is 10.4. The summed E-state index contributed by atoms with van der Waals surface area (Å²) in [6, 6.07) is 12.5. The fourth-order valence-electron chi connectivity index (χ4n) is 4.56. The summed E-state index contributed by atoms with van der Waals surface area (Å²) in [5.41, 5.74) is 2.52. The maximum absolute atomic E-state index is 13.4. The number of carbonyl (C=O) groups excluding carboxylic acids is 1. The monoisotopic (exact) mass is 364 g/mol. The van der Waals surface area contributed by atoms with Crippen molar-refractivity contribution < 1.29 is 4.79 Å². The highest BCUT2D eigenvalue weighted by molar-refractivity contribution is 7.16. The van der Waals surface area contributed by atoms with Crippen LogP contribution >= 0.6 is 11.3 Å². The molecule has 4 rings (SSSR count). The minimum atomic E-state index is -0.453. The molecule has 1 atom stereocenters. The number of benzene rings is 1. The molecule has 0 bridgehead atoms. The lowest BCUT2D eigenvalue weighted by Gasteiger charge is -2.28. The zero-order valence-corrected chi connectivity index (χ0v) is 16.0. The summed E-state index contributed by atoms with van der Waals surface area (Å²) in [5.74, 6) is 0.714. The van der Waals surface area contributed by atoms with E-state index >= 15 is 0 Å². The summed E-state index contributed by atoms with van der Waals surface area (Å²) in [7, 11) is 0. The second-order valence-electron chi connectivity index (χ2n) is 7.78. The average molecular weight is 365 g/mol. The zero-order chi connectivity index (χ0) is 18.1. The van der Waals surface area contributed by atoms with Crippen LogP contribution in [-0.4, -0.2) is 5.91 Å².